The Hall–Kier alpha value is -1.06. The summed E-state index contributed by atoms with van der Waals surface area (Å²) in [6.45, 7) is 4.66. The van der Waals surface area contributed by atoms with E-state index in [-0.39, 0.29) is 0 Å². The molecule has 0 aliphatic rings. The zero-order valence-electron chi connectivity index (χ0n) is 9.87. The molecule has 1 aromatic heterocycles. The third kappa shape index (κ3) is 2.79. The zero-order chi connectivity index (χ0) is 12.3. The fourth-order valence-electron chi connectivity index (χ4n) is 1.53. The van der Waals surface area contributed by atoms with Crippen LogP contribution in [0.2, 0.25) is 5.02 Å². The monoisotopic (exact) mass is 267 g/mol. The van der Waals surface area contributed by atoms with Crippen LogP contribution in [-0.2, 0) is 6.42 Å². The molecule has 1 heterocycles. The summed E-state index contributed by atoms with van der Waals surface area (Å²) in [6.07, 6.45) is 0.969. The first-order valence-corrected chi connectivity index (χ1v) is 6.87. The predicted molar refractivity (Wildman–Crippen MR) is 73.1 cm³/mol. The molecule has 0 saturated heterocycles. The largest absolute Gasteiger partial charge is 0.492 e. The second-order valence-electron chi connectivity index (χ2n) is 3.56. The number of rotatable bonds is 4. The Kier molecular flexibility index (Phi) is 4.02. The summed E-state index contributed by atoms with van der Waals surface area (Å²) >= 11 is 7.74. The van der Waals surface area contributed by atoms with Crippen molar-refractivity contribution in [2.75, 3.05) is 6.61 Å². The first-order valence-electron chi connectivity index (χ1n) is 5.61. The van der Waals surface area contributed by atoms with Gasteiger partial charge in [0.05, 0.1) is 22.3 Å². The van der Waals surface area contributed by atoms with Gasteiger partial charge in [0.25, 0.3) is 0 Å². The smallest absolute Gasteiger partial charge is 0.138 e. The lowest BCUT2D eigenvalue weighted by atomic mass is 10.1. The van der Waals surface area contributed by atoms with E-state index < -0.39 is 0 Å². The first-order chi connectivity index (χ1) is 8.24. The zero-order valence-corrected chi connectivity index (χ0v) is 11.4. The normalized spacial score (nSPS) is 10.5. The summed E-state index contributed by atoms with van der Waals surface area (Å²) < 4.78 is 5.48. The first kappa shape index (κ1) is 12.4. The summed E-state index contributed by atoms with van der Waals surface area (Å²) in [5.41, 5.74) is 2.04. The van der Waals surface area contributed by atoms with Crippen molar-refractivity contribution in [3.05, 3.63) is 33.6 Å². The van der Waals surface area contributed by atoms with Crippen LogP contribution in [0.25, 0.3) is 11.3 Å². The number of ether oxygens (including phenoxy) is 1. The van der Waals surface area contributed by atoms with E-state index in [0.717, 1.165) is 28.4 Å². The molecule has 4 heteroatoms. The number of halogens is 1. The molecular formula is C13H14ClNOS. The van der Waals surface area contributed by atoms with Gasteiger partial charge in [-0.05, 0) is 25.5 Å². The lowest BCUT2D eigenvalue weighted by Crippen LogP contribution is -1.92. The van der Waals surface area contributed by atoms with E-state index in [1.807, 2.05) is 25.1 Å². The highest BCUT2D eigenvalue weighted by molar-refractivity contribution is 7.09. The van der Waals surface area contributed by atoms with Gasteiger partial charge in [0.2, 0.25) is 0 Å². The number of hydrogen-bond donors (Lipinski definition) is 0. The minimum Gasteiger partial charge on any atom is -0.492 e. The highest BCUT2D eigenvalue weighted by Gasteiger charge is 2.07. The summed E-state index contributed by atoms with van der Waals surface area (Å²) in [6, 6.07) is 5.77. The maximum Gasteiger partial charge on any atom is 0.138 e. The predicted octanol–water partition coefficient (Wildman–Crippen LogP) is 4.42. The fourth-order valence-corrected chi connectivity index (χ4v) is 2.46. The molecule has 2 rings (SSSR count). The summed E-state index contributed by atoms with van der Waals surface area (Å²) in [7, 11) is 0. The molecule has 0 aliphatic carbocycles. The van der Waals surface area contributed by atoms with Gasteiger partial charge in [0.15, 0.2) is 0 Å². The van der Waals surface area contributed by atoms with Crippen molar-refractivity contribution in [2.45, 2.75) is 20.3 Å². The van der Waals surface area contributed by atoms with Crippen LogP contribution in [0.5, 0.6) is 5.75 Å². The van der Waals surface area contributed by atoms with Crippen LogP contribution in [-0.4, -0.2) is 11.6 Å². The van der Waals surface area contributed by atoms with Crippen LogP contribution in [0.3, 0.4) is 0 Å². The van der Waals surface area contributed by atoms with Crippen LogP contribution >= 0.6 is 22.9 Å². The van der Waals surface area contributed by atoms with Crippen LogP contribution in [0.4, 0.5) is 0 Å². The Morgan fingerprint density at radius 3 is 2.82 bits per heavy atom. The second kappa shape index (κ2) is 5.52. The van der Waals surface area contributed by atoms with E-state index >= 15 is 0 Å². The average Bonchev–Trinajstić information content (AvgIpc) is 2.81. The van der Waals surface area contributed by atoms with Crippen LogP contribution in [0.1, 0.15) is 18.9 Å². The molecule has 0 N–H and O–H groups in total. The standard InChI is InChI=1S/C13H14ClNOS/c1-3-13-15-11(8-17-13)9-5-6-10(14)12(7-9)16-4-2/h5-8H,3-4H2,1-2H3. The van der Waals surface area contributed by atoms with Gasteiger partial charge in [0.1, 0.15) is 5.75 Å². The third-order valence-corrected chi connectivity index (χ3v) is 3.69. The van der Waals surface area contributed by atoms with E-state index in [1.54, 1.807) is 11.3 Å². The Morgan fingerprint density at radius 1 is 1.35 bits per heavy atom. The molecule has 2 aromatic rings. The van der Waals surface area contributed by atoms with Crippen molar-refractivity contribution in [1.82, 2.24) is 4.98 Å². The van der Waals surface area contributed by atoms with Gasteiger partial charge in [-0.15, -0.1) is 11.3 Å². The molecule has 1 aromatic carbocycles. The van der Waals surface area contributed by atoms with Crippen molar-refractivity contribution >= 4 is 22.9 Å². The van der Waals surface area contributed by atoms with Gasteiger partial charge in [-0.1, -0.05) is 24.6 Å². The van der Waals surface area contributed by atoms with E-state index in [0.29, 0.717) is 11.6 Å². The molecular weight excluding hydrogens is 254 g/mol. The average molecular weight is 268 g/mol. The Labute approximate surface area is 110 Å². The third-order valence-electron chi connectivity index (χ3n) is 2.38. The maximum atomic E-state index is 6.05. The SMILES string of the molecule is CCOc1cc(-c2csc(CC)n2)ccc1Cl. The van der Waals surface area contributed by atoms with Crippen molar-refractivity contribution in [3.8, 4) is 17.0 Å². The second-order valence-corrected chi connectivity index (χ2v) is 4.91. The van der Waals surface area contributed by atoms with Crippen molar-refractivity contribution < 1.29 is 4.74 Å². The van der Waals surface area contributed by atoms with Crippen LogP contribution < -0.4 is 4.74 Å². The Bertz CT molecular complexity index is 510. The van der Waals surface area contributed by atoms with Crippen molar-refractivity contribution in [3.63, 3.8) is 0 Å². The molecule has 0 aliphatic heterocycles. The van der Waals surface area contributed by atoms with Crippen LogP contribution in [0.15, 0.2) is 23.6 Å². The minimum atomic E-state index is 0.612. The lowest BCUT2D eigenvalue weighted by Gasteiger charge is -2.06. The minimum absolute atomic E-state index is 0.612. The Balaban J connectivity index is 2.35. The molecule has 0 radical (unpaired) electrons. The lowest BCUT2D eigenvalue weighted by molar-refractivity contribution is 0.340. The molecule has 0 fully saturated rings. The van der Waals surface area contributed by atoms with Crippen molar-refractivity contribution in [1.29, 1.82) is 0 Å². The van der Waals surface area contributed by atoms with Gasteiger partial charge in [0, 0.05) is 10.9 Å². The number of thiazole rings is 1. The van der Waals surface area contributed by atoms with E-state index in [1.165, 1.54) is 0 Å². The van der Waals surface area contributed by atoms with Crippen LogP contribution in [0, 0.1) is 0 Å². The van der Waals surface area contributed by atoms with Gasteiger partial charge in [-0.25, -0.2) is 4.98 Å². The number of hydrogen-bond acceptors (Lipinski definition) is 3. The molecule has 0 bridgehead atoms. The topological polar surface area (TPSA) is 22.1 Å². The van der Waals surface area contributed by atoms with Crippen molar-refractivity contribution in [2.24, 2.45) is 0 Å². The molecule has 0 unspecified atom stereocenters. The summed E-state index contributed by atoms with van der Waals surface area (Å²) in [5, 5.41) is 3.85. The van der Waals surface area contributed by atoms with Gasteiger partial charge in [-0.3, -0.25) is 0 Å². The number of aromatic nitrogens is 1. The Morgan fingerprint density at radius 2 is 2.18 bits per heavy atom. The highest BCUT2D eigenvalue weighted by Crippen LogP contribution is 2.31. The summed E-state index contributed by atoms with van der Waals surface area (Å²) in [4.78, 5) is 4.55. The maximum absolute atomic E-state index is 6.05. The van der Waals surface area contributed by atoms with Gasteiger partial charge in [-0.2, -0.15) is 0 Å². The highest BCUT2D eigenvalue weighted by atomic mass is 35.5. The number of benzene rings is 1. The van der Waals surface area contributed by atoms with Gasteiger partial charge < -0.3 is 4.74 Å². The molecule has 2 nitrogen and oxygen atoms in total. The molecule has 0 saturated carbocycles. The molecule has 0 spiro atoms. The van der Waals surface area contributed by atoms with E-state index in [4.69, 9.17) is 16.3 Å². The molecule has 17 heavy (non-hydrogen) atoms. The van der Waals surface area contributed by atoms with E-state index in [2.05, 4.69) is 17.3 Å². The molecule has 0 amide bonds. The fraction of sp³-hybridized carbons (Fsp3) is 0.308. The summed E-state index contributed by atoms with van der Waals surface area (Å²) in [5.74, 6) is 0.720. The quantitative estimate of drug-likeness (QED) is 0.818. The molecule has 90 valence electrons. The van der Waals surface area contributed by atoms with E-state index in [9.17, 15) is 0 Å². The van der Waals surface area contributed by atoms with Gasteiger partial charge >= 0.3 is 0 Å². The number of nitrogens with zero attached hydrogens (tertiary/aromatic N) is 1. The number of aryl methyl sites for hydroxylation is 1. The molecule has 0 atom stereocenters.